The number of nitrogens with one attached hydrogen (secondary N) is 2. The molecule has 0 bridgehead atoms. The summed E-state index contributed by atoms with van der Waals surface area (Å²) in [4.78, 5) is 22.9. The number of hydrogen-bond acceptors (Lipinski definition) is 3. The summed E-state index contributed by atoms with van der Waals surface area (Å²) in [5.74, 6) is -0.0551. The van der Waals surface area contributed by atoms with Gasteiger partial charge in [-0.1, -0.05) is 20.8 Å². The van der Waals surface area contributed by atoms with Gasteiger partial charge in [-0.25, -0.2) is 0 Å². The average Bonchev–Trinajstić information content (AvgIpc) is 2.26. The summed E-state index contributed by atoms with van der Waals surface area (Å²) in [5, 5.41) is 5.44. The van der Waals surface area contributed by atoms with Gasteiger partial charge in [-0.05, 0) is 19.3 Å². The quantitative estimate of drug-likeness (QED) is 0.645. The van der Waals surface area contributed by atoms with Crippen LogP contribution in [0.5, 0.6) is 0 Å². The zero-order valence-corrected chi connectivity index (χ0v) is 12.5. The first-order chi connectivity index (χ1) is 7.85. The summed E-state index contributed by atoms with van der Waals surface area (Å²) in [6.07, 6.45) is 1.23. The molecule has 0 saturated heterocycles. The van der Waals surface area contributed by atoms with Crippen molar-refractivity contribution >= 4 is 24.2 Å². The van der Waals surface area contributed by atoms with E-state index in [0.29, 0.717) is 13.0 Å². The highest BCUT2D eigenvalue weighted by Crippen LogP contribution is 2.14. The van der Waals surface area contributed by atoms with Gasteiger partial charge in [0.2, 0.25) is 11.8 Å². The third-order valence-electron chi connectivity index (χ3n) is 3.05. The maximum absolute atomic E-state index is 11.6. The molecule has 0 aromatic rings. The van der Waals surface area contributed by atoms with Crippen LogP contribution in [0.2, 0.25) is 0 Å². The number of hydrogen-bond donors (Lipinski definition) is 3. The predicted molar refractivity (Wildman–Crippen MR) is 75.6 cm³/mol. The molecule has 0 aromatic heterocycles. The summed E-state index contributed by atoms with van der Waals surface area (Å²) in [7, 11) is 0. The largest absolute Gasteiger partial charge is 0.348 e. The fourth-order valence-electron chi connectivity index (χ4n) is 1.29. The van der Waals surface area contributed by atoms with Gasteiger partial charge in [0.25, 0.3) is 0 Å². The molecule has 0 saturated carbocycles. The fraction of sp³-hybridized carbons (Fsp3) is 0.833. The summed E-state index contributed by atoms with van der Waals surface area (Å²) < 4.78 is 0. The summed E-state index contributed by atoms with van der Waals surface area (Å²) in [6, 6.07) is 0. The van der Waals surface area contributed by atoms with Crippen molar-refractivity contribution < 1.29 is 9.59 Å². The van der Waals surface area contributed by atoms with Crippen molar-refractivity contribution in [2.24, 2.45) is 11.7 Å². The minimum absolute atomic E-state index is 0. The Hall–Kier alpha value is -0.810. The van der Waals surface area contributed by atoms with Crippen molar-refractivity contribution in [2.45, 2.75) is 46.1 Å². The first kappa shape index (κ1) is 19.5. The van der Waals surface area contributed by atoms with Gasteiger partial charge < -0.3 is 16.4 Å². The van der Waals surface area contributed by atoms with Crippen LogP contribution in [0.15, 0.2) is 0 Å². The van der Waals surface area contributed by atoms with Crippen LogP contribution < -0.4 is 16.4 Å². The SMILES string of the molecule is CCCC(=O)NCC(=O)NC(C)(CN)C(C)C.Cl. The molecule has 1 atom stereocenters. The van der Waals surface area contributed by atoms with Crippen LogP contribution in [0.4, 0.5) is 0 Å². The van der Waals surface area contributed by atoms with E-state index in [1.807, 2.05) is 27.7 Å². The summed E-state index contributed by atoms with van der Waals surface area (Å²) in [6.45, 7) is 8.22. The normalized spacial score (nSPS) is 13.4. The molecule has 4 N–H and O–H groups in total. The molecule has 0 aliphatic carbocycles. The maximum atomic E-state index is 11.6. The van der Waals surface area contributed by atoms with Crippen LogP contribution in [-0.4, -0.2) is 30.4 Å². The van der Waals surface area contributed by atoms with E-state index in [1.165, 1.54) is 0 Å². The second-order valence-electron chi connectivity index (χ2n) is 4.85. The Morgan fingerprint density at radius 1 is 1.28 bits per heavy atom. The predicted octanol–water partition coefficient (Wildman–Crippen LogP) is 0.814. The first-order valence-electron chi connectivity index (χ1n) is 6.13. The van der Waals surface area contributed by atoms with Gasteiger partial charge in [0, 0.05) is 13.0 Å². The Kier molecular flexibility index (Phi) is 9.94. The maximum Gasteiger partial charge on any atom is 0.239 e. The van der Waals surface area contributed by atoms with Gasteiger partial charge in [-0.3, -0.25) is 9.59 Å². The molecule has 0 aromatic carbocycles. The lowest BCUT2D eigenvalue weighted by atomic mass is 9.88. The highest BCUT2D eigenvalue weighted by molar-refractivity contribution is 5.85. The smallest absolute Gasteiger partial charge is 0.239 e. The lowest BCUT2D eigenvalue weighted by Crippen LogP contribution is -2.56. The second kappa shape index (κ2) is 9.16. The van der Waals surface area contributed by atoms with Gasteiger partial charge in [0.15, 0.2) is 0 Å². The number of carbonyl (C=O) groups is 2. The average molecular weight is 280 g/mol. The van der Waals surface area contributed by atoms with Crippen LogP contribution >= 0.6 is 12.4 Å². The van der Waals surface area contributed by atoms with Gasteiger partial charge in [-0.15, -0.1) is 12.4 Å². The number of nitrogens with two attached hydrogens (primary N) is 1. The van der Waals surface area contributed by atoms with Crippen LogP contribution in [0.3, 0.4) is 0 Å². The van der Waals surface area contributed by atoms with Gasteiger partial charge >= 0.3 is 0 Å². The Morgan fingerprint density at radius 2 is 1.83 bits per heavy atom. The van der Waals surface area contributed by atoms with Gasteiger partial charge in [0.1, 0.15) is 0 Å². The minimum atomic E-state index is -0.424. The molecule has 5 nitrogen and oxygen atoms in total. The molecule has 0 rings (SSSR count). The van der Waals surface area contributed by atoms with Crippen LogP contribution in [0.1, 0.15) is 40.5 Å². The molecule has 108 valence electrons. The van der Waals surface area contributed by atoms with E-state index in [9.17, 15) is 9.59 Å². The molecule has 18 heavy (non-hydrogen) atoms. The minimum Gasteiger partial charge on any atom is -0.348 e. The van der Waals surface area contributed by atoms with Crippen molar-refractivity contribution in [3.8, 4) is 0 Å². The van der Waals surface area contributed by atoms with E-state index in [0.717, 1.165) is 6.42 Å². The molecular weight excluding hydrogens is 254 g/mol. The van der Waals surface area contributed by atoms with Crippen LogP contribution in [0, 0.1) is 5.92 Å². The highest BCUT2D eigenvalue weighted by atomic mass is 35.5. The van der Waals surface area contributed by atoms with E-state index in [2.05, 4.69) is 10.6 Å². The Morgan fingerprint density at radius 3 is 2.22 bits per heavy atom. The number of rotatable bonds is 7. The van der Waals surface area contributed by atoms with Gasteiger partial charge in [0.05, 0.1) is 12.1 Å². The first-order valence-corrected chi connectivity index (χ1v) is 6.13. The van der Waals surface area contributed by atoms with Gasteiger partial charge in [-0.2, -0.15) is 0 Å². The van der Waals surface area contributed by atoms with Crippen LogP contribution in [0.25, 0.3) is 0 Å². The molecule has 6 heteroatoms. The number of amides is 2. The summed E-state index contributed by atoms with van der Waals surface area (Å²) >= 11 is 0. The lowest BCUT2D eigenvalue weighted by molar-refractivity contribution is -0.127. The monoisotopic (exact) mass is 279 g/mol. The lowest BCUT2D eigenvalue weighted by Gasteiger charge is -2.33. The van der Waals surface area contributed by atoms with E-state index in [-0.39, 0.29) is 36.7 Å². The Labute approximate surface area is 116 Å². The second-order valence-corrected chi connectivity index (χ2v) is 4.85. The number of carbonyl (C=O) groups excluding carboxylic acids is 2. The highest BCUT2D eigenvalue weighted by Gasteiger charge is 2.28. The van der Waals surface area contributed by atoms with E-state index < -0.39 is 5.54 Å². The summed E-state index contributed by atoms with van der Waals surface area (Å²) in [5.41, 5.74) is 5.23. The van der Waals surface area contributed by atoms with Crippen LogP contribution in [-0.2, 0) is 9.59 Å². The molecule has 0 radical (unpaired) electrons. The van der Waals surface area contributed by atoms with Crippen molar-refractivity contribution in [2.75, 3.05) is 13.1 Å². The third kappa shape index (κ3) is 6.81. The molecule has 0 fully saturated rings. The van der Waals surface area contributed by atoms with E-state index in [4.69, 9.17) is 5.73 Å². The standard InChI is InChI=1S/C12H25N3O2.ClH/c1-5-6-10(16)14-7-11(17)15-12(4,8-13)9(2)3;/h9H,5-8,13H2,1-4H3,(H,14,16)(H,15,17);1H. The van der Waals surface area contributed by atoms with Crippen molar-refractivity contribution in [3.05, 3.63) is 0 Å². The Bertz CT molecular complexity index is 272. The number of halogens is 1. The molecule has 1 unspecified atom stereocenters. The van der Waals surface area contributed by atoms with Crippen molar-refractivity contribution in [1.82, 2.24) is 10.6 Å². The molecule has 2 amide bonds. The Balaban J connectivity index is 0. The molecule has 0 spiro atoms. The van der Waals surface area contributed by atoms with Crippen molar-refractivity contribution in [1.29, 1.82) is 0 Å². The molecule has 0 aliphatic rings. The molecular formula is C12H26ClN3O2. The molecule has 0 aliphatic heterocycles. The zero-order valence-electron chi connectivity index (χ0n) is 11.7. The zero-order chi connectivity index (χ0) is 13.5. The third-order valence-corrected chi connectivity index (χ3v) is 3.05. The van der Waals surface area contributed by atoms with E-state index >= 15 is 0 Å². The topological polar surface area (TPSA) is 84.2 Å². The van der Waals surface area contributed by atoms with Crippen molar-refractivity contribution in [3.63, 3.8) is 0 Å². The fourth-order valence-corrected chi connectivity index (χ4v) is 1.29. The molecule has 0 heterocycles. The van der Waals surface area contributed by atoms with E-state index in [1.54, 1.807) is 0 Å².